The lowest BCUT2D eigenvalue weighted by Crippen LogP contribution is -2.56. The maximum atomic E-state index is 3.70. The Morgan fingerprint density at radius 3 is 2.83 bits per heavy atom. The summed E-state index contributed by atoms with van der Waals surface area (Å²) < 4.78 is 2.48. The van der Waals surface area contributed by atoms with Crippen molar-refractivity contribution in [3.05, 3.63) is 26.2 Å². The molecule has 3 rings (SSSR count). The van der Waals surface area contributed by atoms with E-state index in [-0.39, 0.29) is 0 Å². The summed E-state index contributed by atoms with van der Waals surface area (Å²) in [5, 5.41) is 3.70. The molecule has 0 spiro atoms. The summed E-state index contributed by atoms with van der Waals surface area (Å²) in [5.74, 6) is 0.925. The molecular formula is C14H18BrIN2. The molecule has 2 aliphatic rings. The second-order valence-electron chi connectivity index (χ2n) is 5.45. The Bertz CT molecular complexity index is 447. The first-order valence-electron chi connectivity index (χ1n) is 6.60. The van der Waals surface area contributed by atoms with Gasteiger partial charge in [0.1, 0.15) is 0 Å². The van der Waals surface area contributed by atoms with Gasteiger partial charge in [0.15, 0.2) is 0 Å². The summed E-state index contributed by atoms with van der Waals surface area (Å²) in [6.07, 6.45) is 2.83. The van der Waals surface area contributed by atoms with E-state index in [0.717, 1.165) is 19.0 Å². The smallest absolute Gasteiger partial charge is 0.0387 e. The maximum absolute atomic E-state index is 3.70. The molecule has 98 valence electrons. The zero-order valence-electron chi connectivity index (χ0n) is 10.5. The fraction of sp³-hybridized carbons (Fsp3) is 0.571. The molecule has 1 aromatic carbocycles. The highest BCUT2D eigenvalue weighted by Crippen LogP contribution is 2.35. The van der Waals surface area contributed by atoms with Gasteiger partial charge in [-0.15, -0.1) is 0 Å². The van der Waals surface area contributed by atoms with Crippen LogP contribution in [0.1, 0.15) is 19.8 Å². The zero-order chi connectivity index (χ0) is 12.7. The van der Waals surface area contributed by atoms with Gasteiger partial charge in [-0.2, -0.15) is 0 Å². The van der Waals surface area contributed by atoms with Crippen LogP contribution in [-0.4, -0.2) is 25.2 Å². The van der Waals surface area contributed by atoms with Gasteiger partial charge in [-0.1, -0.05) is 0 Å². The number of rotatable bonds is 2. The first-order valence-corrected chi connectivity index (χ1v) is 8.47. The summed E-state index contributed by atoms with van der Waals surface area (Å²) >= 11 is 5.97. The van der Waals surface area contributed by atoms with Crippen molar-refractivity contribution in [3.8, 4) is 0 Å². The van der Waals surface area contributed by atoms with Crippen LogP contribution in [0.25, 0.3) is 0 Å². The minimum absolute atomic E-state index is 0.581. The molecule has 1 heterocycles. The first-order chi connectivity index (χ1) is 8.65. The van der Waals surface area contributed by atoms with Gasteiger partial charge < -0.3 is 10.2 Å². The molecule has 1 aliphatic heterocycles. The largest absolute Gasteiger partial charge is 0.366 e. The number of anilines is 1. The first kappa shape index (κ1) is 13.2. The summed E-state index contributed by atoms with van der Waals surface area (Å²) in [5.41, 5.74) is 1.36. The highest BCUT2D eigenvalue weighted by molar-refractivity contribution is 14.1. The van der Waals surface area contributed by atoms with Crippen molar-refractivity contribution < 1.29 is 0 Å². The van der Waals surface area contributed by atoms with Gasteiger partial charge in [0, 0.05) is 38.9 Å². The van der Waals surface area contributed by atoms with Gasteiger partial charge in [-0.3, -0.25) is 0 Å². The second kappa shape index (κ2) is 5.29. The number of benzene rings is 1. The minimum Gasteiger partial charge on any atom is -0.366 e. The molecule has 0 amide bonds. The third-order valence-corrected chi connectivity index (χ3v) is 6.35. The van der Waals surface area contributed by atoms with Crippen LogP contribution >= 0.6 is 38.5 Å². The van der Waals surface area contributed by atoms with Crippen molar-refractivity contribution in [1.29, 1.82) is 0 Å². The Kier molecular flexibility index (Phi) is 3.87. The van der Waals surface area contributed by atoms with E-state index in [2.05, 4.69) is 73.9 Å². The van der Waals surface area contributed by atoms with Crippen LogP contribution in [-0.2, 0) is 0 Å². The van der Waals surface area contributed by atoms with Gasteiger partial charge in [0.2, 0.25) is 0 Å². The monoisotopic (exact) mass is 420 g/mol. The SMILES string of the molecule is CC1CNC(C2CC2)CN1c1ccc(Br)c(I)c1. The van der Waals surface area contributed by atoms with Crippen molar-refractivity contribution in [1.82, 2.24) is 5.32 Å². The van der Waals surface area contributed by atoms with E-state index in [1.54, 1.807) is 0 Å². The molecule has 2 nitrogen and oxygen atoms in total. The zero-order valence-corrected chi connectivity index (χ0v) is 14.2. The molecule has 2 unspecified atom stereocenters. The van der Waals surface area contributed by atoms with Gasteiger partial charge >= 0.3 is 0 Å². The van der Waals surface area contributed by atoms with Gasteiger partial charge in [-0.25, -0.2) is 0 Å². The van der Waals surface area contributed by atoms with Crippen molar-refractivity contribution in [2.75, 3.05) is 18.0 Å². The predicted octanol–water partition coefficient (Wildman–Crippen LogP) is 3.63. The van der Waals surface area contributed by atoms with Crippen LogP contribution in [0.2, 0.25) is 0 Å². The standard InChI is InChI=1S/C14H18BrIN2/c1-9-7-17-14(10-2-3-10)8-18(9)11-4-5-12(15)13(16)6-11/h4-6,9-10,14,17H,2-3,7-8H2,1H3. The van der Waals surface area contributed by atoms with E-state index in [1.165, 1.54) is 26.6 Å². The van der Waals surface area contributed by atoms with Crippen molar-refractivity contribution in [2.45, 2.75) is 31.8 Å². The van der Waals surface area contributed by atoms with Crippen LogP contribution in [0, 0.1) is 9.49 Å². The third kappa shape index (κ3) is 2.70. The average molecular weight is 421 g/mol. The Hall–Kier alpha value is 0.190. The summed E-state index contributed by atoms with van der Waals surface area (Å²) in [7, 11) is 0. The molecule has 0 radical (unpaired) electrons. The minimum atomic E-state index is 0.581. The topological polar surface area (TPSA) is 15.3 Å². The van der Waals surface area contributed by atoms with E-state index in [9.17, 15) is 0 Å². The molecule has 2 atom stereocenters. The normalized spacial score (nSPS) is 28.5. The predicted molar refractivity (Wildman–Crippen MR) is 88.2 cm³/mol. The molecule has 1 N–H and O–H groups in total. The molecule has 1 saturated heterocycles. The van der Waals surface area contributed by atoms with Crippen LogP contribution in [0.3, 0.4) is 0 Å². The van der Waals surface area contributed by atoms with E-state index in [4.69, 9.17) is 0 Å². The number of nitrogens with one attached hydrogen (secondary N) is 1. The van der Waals surface area contributed by atoms with Crippen molar-refractivity contribution >= 4 is 44.2 Å². The van der Waals surface area contributed by atoms with Crippen molar-refractivity contribution in [2.24, 2.45) is 5.92 Å². The van der Waals surface area contributed by atoms with E-state index in [1.807, 2.05) is 0 Å². The number of hydrogen-bond donors (Lipinski definition) is 1. The van der Waals surface area contributed by atoms with E-state index < -0.39 is 0 Å². The van der Waals surface area contributed by atoms with E-state index >= 15 is 0 Å². The number of nitrogens with zero attached hydrogens (tertiary/aromatic N) is 1. The quantitative estimate of drug-likeness (QED) is 0.735. The molecule has 0 aromatic heterocycles. The summed E-state index contributed by atoms with van der Waals surface area (Å²) in [6.45, 7) is 4.57. The highest BCUT2D eigenvalue weighted by atomic mass is 127. The van der Waals surface area contributed by atoms with Crippen molar-refractivity contribution in [3.63, 3.8) is 0 Å². The lowest BCUT2D eigenvalue weighted by atomic mass is 10.1. The Balaban J connectivity index is 1.81. The molecule has 18 heavy (non-hydrogen) atoms. The fourth-order valence-corrected chi connectivity index (χ4v) is 3.47. The lowest BCUT2D eigenvalue weighted by Gasteiger charge is -2.40. The third-order valence-electron chi connectivity index (χ3n) is 4.03. The number of halogens is 2. The molecular weight excluding hydrogens is 403 g/mol. The average Bonchev–Trinajstić information content (AvgIpc) is 3.18. The second-order valence-corrected chi connectivity index (χ2v) is 7.47. The molecule has 0 bridgehead atoms. The molecule has 4 heteroatoms. The molecule has 1 aliphatic carbocycles. The molecule has 1 aromatic rings. The fourth-order valence-electron chi connectivity index (χ4n) is 2.73. The Morgan fingerprint density at radius 2 is 2.17 bits per heavy atom. The van der Waals surface area contributed by atoms with Gasteiger partial charge in [0.25, 0.3) is 0 Å². The maximum Gasteiger partial charge on any atom is 0.0387 e. The lowest BCUT2D eigenvalue weighted by molar-refractivity contribution is 0.376. The number of hydrogen-bond acceptors (Lipinski definition) is 2. The molecule has 1 saturated carbocycles. The van der Waals surface area contributed by atoms with Crippen LogP contribution in [0.5, 0.6) is 0 Å². The van der Waals surface area contributed by atoms with Crippen LogP contribution in [0.4, 0.5) is 5.69 Å². The summed E-state index contributed by atoms with van der Waals surface area (Å²) in [6, 6.07) is 7.96. The van der Waals surface area contributed by atoms with Gasteiger partial charge in [-0.05, 0) is 82.4 Å². The Morgan fingerprint density at radius 1 is 1.39 bits per heavy atom. The van der Waals surface area contributed by atoms with Crippen LogP contribution in [0.15, 0.2) is 22.7 Å². The summed E-state index contributed by atoms with van der Waals surface area (Å²) in [4.78, 5) is 2.56. The van der Waals surface area contributed by atoms with Crippen LogP contribution < -0.4 is 10.2 Å². The Labute approximate surface area is 131 Å². The molecule has 2 fully saturated rings. The van der Waals surface area contributed by atoms with E-state index in [0.29, 0.717) is 12.1 Å². The number of piperazine rings is 1. The highest BCUT2D eigenvalue weighted by Gasteiger charge is 2.36. The van der Waals surface area contributed by atoms with Gasteiger partial charge in [0.05, 0.1) is 0 Å².